The monoisotopic (exact) mass is 325 g/mol. The van der Waals surface area contributed by atoms with E-state index in [1.54, 1.807) is 6.07 Å². The zero-order chi connectivity index (χ0) is 17.0. The molecule has 0 aliphatic carbocycles. The molecule has 1 amide bonds. The highest BCUT2D eigenvalue weighted by molar-refractivity contribution is 5.95. The summed E-state index contributed by atoms with van der Waals surface area (Å²) in [6.45, 7) is 0.0925. The highest BCUT2D eigenvalue weighted by atomic mass is 19.4. The van der Waals surface area contributed by atoms with E-state index < -0.39 is 23.2 Å². The third-order valence-electron chi connectivity index (χ3n) is 3.22. The second-order valence-electron chi connectivity index (χ2n) is 4.87. The Morgan fingerprint density at radius 3 is 2.39 bits per heavy atom. The molecule has 122 valence electrons. The first kappa shape index (κ1) is 16.7. The first-order valence-corrected chi connectivity index (χ1v) is 6.74. The van der Waals surface area contributed by atoms with Crippen molar-refractivity contribution in [1.82, 2.24) is 5.32 Å². The number of carbonyl (C=O) groups is 1. The van der Waals surface area contributed by atoms with Crippen molar-refractivity contribution in [3.05, 3.63) is 59.2 Å². The fraction of sp³-hybridized carbons (Fsp3) is 0.188. The van der Waals surface area contributed by atoms with Crippen molar-refractivity contribution >= 4 is 5.91 Å². The van der Waals surface area contributed by atoms with Crippen molar-refractivity contribution in [3.8, 4) is 11.5 Å². The zero-order valence-electron chi connectivity index (χ0n) is 11.9. The molecule has 2 aromatic rings. The largest absolute Gasteiger partial charge is 0.504 e. The number of halogens is 3. The molecule has 3 N–H and O–H groups in total. The Hall–Kier alpha value is -2.70. The van der Waals surface area contributed by atoms with E-state index in [-0.39, 0.29) is 18.0 Å². The van der Waals surface area contributed by atoms with Gasteiger partial charge >= 0.3 is 6.18 Å². The van der Waals surface area contributed by atoms with Gasteiger partial charge in [0.05, 0.1) is 11.1 Å². The van der Waals surface area contributed by atoms with Gasteiger partial charge in [-0.1, -0.05) is 18.2 Å². The van der Waals surface area contributed by atoms with Crippen LogP contribution in [0.3, 0.4) is 0 Å². The normalized spacial score (nSPS) is 11.3. The lowest BCUT2D eigenvalue weighted by molar-refractivity contribution is -0.137. The standard InChI is InChI=1S/C16H14F3NO3/c17-16(18,19)12-4-2-1-3-11(12)15(23)20-8-7-10-5-6-13(21)14(22)9-10/h1-6,9,21-22H,7-8H2,(H,20,23). The summed E-state index contributed by atoms with van der Waals surface area (Å²) in [5.74, 6) is -1.38. The predicted octanol–water partition coefficient (Wildman–Crippen LogP) is 3.09. The molecule has 2 aromatic carbocycles. The van der Waals surface area contributed by atoms with Crippen LogP contribution in [0.15, 0.2) is 42.5 Å². The number of nitrogens with one attached hydrogen (secondary N) is 1. The van der Waals surface area contributed by atoms with Crippen LogP contribution in [0.2, 0.25) is 0 Å². The molecule has 2 rings (SSSR count). The maximum absolute atomic E-state index is 12.8. The fourth-order valence-corrected chi connectivity index (χ4v) is 2.07. The van der Waals surface area contributed by atoms with Gasteiger partial charge in [-0.3, -0.25) is 4.79 Å². The van der Waals surface area contributed by atoms with Crippen LogP contribution in [-0.2, 0) is 12.6 Å². The van der Waals surface area contributed by atoms with Gasteiger partial charge in [-0.25, -0.2) is 0 Å². The van der Waals surface area contributed by atoms with Gasteiger partial charge in [0.2, 0.25) is 0 Å². The molecule has 0 spiro atoms. The lowest BCUT2D eigenvalue weighted by Gasteiger charge is -2.12. The smallest absolute Gasteiger partial charge is 0.417 e. The number of phenolic OH excluding ortho intramolecular Hbond substituents is 2. The van der Waals surface area contributed by atoms with Crippen LogP contribution in [0, 0.1) is 0 Å². The molecule has 0 bridgehead atoms. The first-order valence-electron chi connectivity index (χ1n) is 6.74. The lowest BCUT2D eigenvalue weighted by Crippen LogP contribution is -2.28. The molecule has 0 unspecified atom stereocenters. The van der Waals surface area contributed by atoms with Crippen LogP contribution in [-0.4, -0.2) is 22.7 Å². The molecule has 0 atom stereocenters. The molecular formula is C16H14F3NO3. The van der Waals surface area contributed by atoms with Crippen LogP contribution < -0.4 is 5.32 Å². The van der Waals surface area contributed by atoms with Gasteiger partial charge in [0, 0.05) is 6.54 Å². The summed E-state index contributed by atoms with van der Waals surface area (Å²) < 4.78 is 38.5. The van der Waals surface area contributed by atoms with Gasteiger partial charge in [-0.15, -0.1) is 0 Å². The number of hydrogen-bond acceptors (Lipinski definition) is 3. The van der Waals surface area contributed by atoms with Gasteiger partial charge in [-0.05, 0) is 36.2 Å². The summed E-state index contributed by atoms with van der Waals surface area (Å²) in [6, 6.07) is 8.72. The maximum atomic E-state index is 12.8. The van der Waals surface area contributed by atoms with Gasteiger partial charge in [0.25, 0.3) is 5.91 Å². The van der Waals surface area contributed by atoms with Crippen molar-refractivity contribution in [3.63, 3.8) is 0 Å². The van der Waals surface area contributed by atoms with Gasteiger partial charge in [0.15, 0.2) is 11.5 Å². The summed E-state index contributed by atoms with van der Waals surface area (Å²) in [7, 11) is 0. The van der Waals surface area contributed by atoms with Crippen LogP contribution in [0.4, 0.5) is 13.2 Å². The number of carbonyl (C=O) groups excluding carboxylic acids is 1. The van der Waals surface area contributed by atoms with Crippen molar-refractivity contribution in [2.45, 2.75) is 12.6 Å². The summed E-state index contributed by atoms with van der Waals surface area (Å²) in [6.07, 6.45) is -4.30. The van der Waals surface area contributed by atoms with E-state index in [2.05, 4.69) is 5.32 Å². The lowest BCUT2D eigenvalue weighted by atomic mass is 10.1. The molecule has 4 nitrogen and oxygen atoms in total. The molecular weight excluding hydrogens is 311 g/mol. The van der Waals surface area contributed by atoms with Gasteiger partial charge < -0.3 is 15.5 Å². The van der Waals surface area contributed by atoms with Crippen LogP contribution >= 0.6 is 0 Å². The number of phenols is 2. The second kappa shape index (κ2) is 6.60. The Balaban J connectivity index is 2.02. The molecule has 23 heavy (non-hydrogen) atoms. The number of benzene rings is 2. The van der Waals surface area contributed by atoms with Gasteiger partial charge in [-0.2, -0.15) is 13.2 Å². The fourth-order valence-electron chi connectivity index (χ4n) is 2.07. The van der Waals surface area contributed by atoms with E-state index in [1.807, 2.05) is 0 Å². The maximum Gasteiger partial charge on any atom is 0.417 e. The Bertz CT molecular complexity index is 714. The third-order valence-corrected chi connectivity index (χ3v) is 3.22. The van der Waals surface area contributed by atoms with E-state index in [9.17, 15) is 28.2 Å². The molecule has 0 radical (unpaired) electrons. The van der Waals surface area contributed by atoms with E-state index >= 15 is 0 Å². The zero-order valence-corrected chi connectivity index (χ0v) is 11.9. The summed E-state index contributed by atoms with van der Waals surface area (Å²) in [4.78, 5) is 11.9. The number of alkyl halides is 3. The van der Waals surface area contributed by atoms with Crippen LogP contribution in [0.5, 0.6) is 11.5 Å². The number of aromatic hydroxyl groups is 2. The first-order chi connectivity index (χ1) is 10.8. The summed E-state index contributed by atoms with van der Waals surface area (Å²) in [5.41, 5.74) is -0.793. The highest BCUT2D eigenvalue weighted by Crippen LogP contribution is 2.31. The van der Waals surface area contributed by atoms with E-state index in [1.165, 1.54) is 24.3 Å². The van der Waals surface area contributed by atoms with Crippen LogP contribution in [0.1, 0.15) is 21.5 Å². The molecule has 0 aliphatic rings. The summed E-state index contributed by atoms with van der Waals surface area (Å²) in [5, 5.41) is 20.9. The minimum Gasteiger partial charge on any atom is -0.504 e. The van der Waals surface area contributed by atoms with Crippen molar-refractivity contribution in [1.29, 1.82) is 0 Å². The van der Waals surface area contributed by atoms with Gasteiger partial charge in [0.1, 0.15) is 0 Å². The topological polar surface area (TPSA) is 69.6 Å². The van der Waals surface area contributed by atoms with Crippen LogP contribution in [0.25, 0.3) is 0 Å². The molecule has 0 aliphatic heterocycles. The average molecular weight is 325 g/mol. The van der Waals surface area contributed by atoms with E-state index in [0.29, 0.717) is 12.0 Å². The highest BCUT2D eigenvalue weighted by Gasteiger charge is 2.34. The Labute approximate surface area is 130 Å². The second-order valence-corrected chi connectivity index (χ2v) is 4.87. The summed E-state index contributed by atoms with van der Waals surface area (Å²) >= 11 is 0. The molecule has 7 heteroatoms. The SMILES string of the molecule is O=C(NCCc1ccc(O)c(O)c1)c1ccccc1C(F)(F)F. The molecule has 0 saturated heterocycles. The third kappa shape index (κ3) is 4.15. The number of amides is 1. The molecule has 0 aromatic heterocycles. The predicted molar refractivity (Wildman–Crippen MR) is 77.3 cm³/mol. The van der Waals surface area contributed by atoms with Crippen molar-refractivity contribution in [2.75, 3.05) is 6.54 Å². The molecule has 0 saturated carbocycles. The van der Waals surface area contributed by atoms with Crippen molar-refractivity contribution in [2.24, 2.45) is 0 Å². The minimum absolute atomic E-state index is 0.0925. The Kier molecular flexibility index (Phi) is 4.78. The molecule has 0 heterocycles. The van der Waals surface area contributed by atoms with E-state index in [4.69, 9.17) is 0 Å². The number of rotatable bonds is 4. The van der Waals surface area contributed by atoms with Crippen molar-refractivity contribution < 1.29 is 28.2 Å². The minimum atomic E-state index is -4.60. The average Bonchev–Trinajstić information content (AvgIpc) is 2.50. The Morgan fingerprint density at radius 1 is 1.04 bits per heavy atom. The molecule has 0 fully saturated rings. The number of hydrogen-bond donors (Lipinski definition) is 3. The quantitative estimate of drug-likeness (QED) is 0.757. The Morgan fingerprint density at radius 2 is 1.74 bits per heavy atom. The van der Waals surface area contributed by atoms with E-state index in [0.717, 1.165) is 12.1 Å².